The molecule has 0 bridgehead atoms. The van der Waals surface area contributed by atoms with Crippen LogP contribution in [-0.2, 0) is 11.3 Å². The van der Waals surface area contributed by atoms with Gasteiger partial charge in [-0.3, -0.25) is 9.59 Å². The second kappa shape index (κ2) is 5.49. The Kier molecular flexibility index (Phi) is 4.28. The quantitative estimate of drug-likeness (QED) is 0.740. The van der Waals surface area contributed by atoms with E-state index in [0.717, 1.165) is 12.0 Å². The number of hydrogen-bond acceptors (Lipinski definition) is 2. The van der Waals surface area contributed by atoms with Gasteiger partial charge < -0.3 is 4.57 Å². The van der Waals surface area contributed by atoms with Gasteiger partial charge in [0.2, 0.25) is 0 Å². The SMILES string of the molecule is CCC(=O)CCCn1ccc(C)cc1=O. The van der Waals surface area contributed by atoms with Crippen molar-refractivity contribution >= 4 is 5.78 Å². The highest BCUT2D eigenvalue weighted by atomic mass is 16.1. The predicted molar refractivity (Wildman–Crippen MR) is 60.0 cm³/mol. The molecule has 0 fully saturated rings. The van der Waals surface area contributed by atoms with E-state index in [0.29, 0.717) is 19.4 Å². The molecule has 0 aromatic carbocycles. The first-order chi connectivity index (χ1) is 7.13. The van der Waals surface area contributed by atoms with E-state index in [1.165, 1.54) is 0 Å². The summed E-state index contributed by atoms with van der Waals surface area (Å²) in [5.74, 6) is 0.259. The van der Waals surface area contributed by atoms with Crippen molar-refractivity contribution < 1.29 is 4.79 Å². The molecule has 0 spiro atoms. The Morgan fingerprint density at radius 1 is 1.47 bits per heavy atom. The molecule has 3 heteroatoms. The minimum absolute atomic E-state index is 0.0129. The summed E-state index contributed by atoms with van der Waals surface area (Å²) in [4.78, 5) is 22.5. The van der Waals surface area contributed by atoms with Gasteiger partial charge in [0.15, 0.2) is 0 Å². The van der Waals surface area contributed by atoms with E-state index in [1.54, 1.807) is 16.8 Å². The zero-order valence-corrected chi connectivity index (χ0v) is 9.32. The Hall–Kier alpha value is -1.38. The third-order valence-electron chi connectivity index (χ3n) is 2.40. The third-order valence-corrected chi connectivity index (χ3v) is 2.40. The second-order valence-corrected chi connectivity index (χ2v) is 3.73. The number of hydrogen-bond donors (Lipinski definition) is 0. The third kappa shape index (κ3) is 3.70. The van der Waals surface area contributed by atoms with Crippen molar-refractivity contribution in [2.75, 3.05) is 0 Å². The molecule has 1 aromatic rings. The van der Waals surface area contributed by atoms with Crippen LogP contribution in [-0.4, -0.2) is 10.4 Å². The van der Waals surface area contributed by atoms with Gasteiger partial charge >= 0.3 is 0 Å². The predicted octanol–water partition coefficient (Wildman–Crippen LogP) is 1.92. The van der Waals surface area contributed by atoms with Gasteiger partial charge in [0, 0.05) is 31.6 Å². The zero-order chi connectivity index (χ0) is 11.3. The number of rotatable bonds is 5. The molecule has 0 aliphatic carbocycles. The van der Waals surface area contributed by atoms with Gasteiger partial charge in [0.1, 0.15) is 5.78 Å². The van der Waals surface area contributed by atoms with Crippen LogP contribution >= 0.6 is 0 Å². The fourth-order valence-electron chi connectivity index (χ4n) is 1.41. The van der Waals surface area contributed by atoms with Crippen LogP contribution in [0.5, 0.6) is 0 Å². The largest absolute Gasteiger partial charge is 0.316 e. The molecule has 0 aliphatic heterocycles. The first-order valence-corrected chi connectivity index (χ1v) is 5.32. The molecule has 1 heterocycles. The monoisotopic (exact) mass is 207 g/mol. The standard InChI is InChI=1S/C12H17NO2/c1-3-11(14)5-4-7-13-8-6-10(2)9-12(13)15/h6,8-9H,3-5,7H2,1-2H3. The zero-order valence-electron chi connectivity index (χ0n) is 9.32. The van der Waals surface area contributed by atoms with Gasteiger partial charge in [0.05, 0.1) is 0 Å². The number of aryl methyl sites for hydroxylation is 2. The smallest absolute Gasteiger partial charge is 0.250 e. The molecule has 0 radical (unpaired) electrons. The summed E-state index contributed by atoms with van der Waals surface area (Å²) in [7, 11) is 0. The van der Waals surface area contributed by atoms with Crippen molar-refractivity contribution in [3.63, 3.8) is 0 Å². The average molecular weight is 207 g/mol. The molecule has 0 amide bonds. The molecule has 0 atom stereocenters. The van der Waals surface area contributed by atoms with Crippen LogP contribution < -0.4 is 5.56 Å². The van der Waals surface area contributed by atoms with Gasteiger partial charge in [-0.2, -0.15) is 0 Å². The van der Waals surface area contributed by atoms with Crippen molar-refractivity contribution in [3.05, 3.63) is 34.2 Å². The first-order valence-electron chi connectivity index (χ1n) is 5.32. The number of pyridine rings is 1. The Morgan fingerprint density at radius 3 is 2.80 bits per heavy atom. The van der Waals surface area contributed by atoms with E-state index >= 15 is 0 Å². The Balaban J connectivity index is 2.51. The number of Topliss-reactive ketones (excluding diaryl/α,β-unsaturated/α-hetero) is 1. The average Bonchev–Trinajstić information content (AvgIpc) is 2.21. The van der Waals surface area contributed by atoms with E-state index in [4.69, 9.17) is 0 Å². The molecular weight excluding hydrogens is 190 g/mol. The Morgan fingerprint density at radius 2 is 2.20 bits per heavy atom. The lowest BCUT2D eigenvalue weighted by molar-refractivity contribution is -0.118. The minimum atomic E-state index is 0.0129. The summed E-state index contributed by atoms with van der Waals surface area (Å²) in [6, 6.07) is 3.52. The van der Waals surface area contributed by atoms with Crippen molar-refractivity contribution in [1.82, 2.24) is 4.57 Å². The van der Waals surface area contributed by atoms with E-state index in [1.807, 2.05) is 19.9 Å². The van der Waals surface area contributed by atoms with Crippen LogP contribution in [0.3, 0.4) is 0 Å². The molecule has 0 saturated heterocycles. The molecule has 82 valence electrons. The summed E-state index contributed by atoms with van der Waals surface area (Å²) in [6.07, 6.45) is 3.68. The molecular formula is C12H17NO2. The van der Waals surface area contributed by atoms with Gasteiger partial charge in [0.25, 0.3) is 5.56 Å². The lowest BCUT2D eigenvalue weighted by atomic mass is 10.2. The molecule has 1 rings (SSSR count). The number of carbonyl (C=O) groups excluding carboxylic acids is 1. The van der Waals surface area contributed by atoms with Crippen molar-refractivity contribution in [3.8, 4) is 0 Å². The minimum Gasteiger partial charge on any atom is -0.316 e. The molecule has 3 nitrogen and oxygen atoms in total. The van der Waals surface area contributed by atoms with Gasteiger partial charge in [-0.05, 0) is 25.0 Å². The number of ketones is 1. The number of aromatic nitrogens is 1. The first kappa shape index (κ1) is 11.7. The Bertz CT molecular complexity index is 393. The molecule has 1 aromatic heterocycles. The normalized spacial score (nSPS) is 10.3. The summed E-state index contributed by atoms with van der Waals surface area (Å²) in [5, 5.41) is 0. The molecule has 0 saturated carbocycles. The van der Waals surface area contributed by atoms with Crippen LogP contribution in [0, 0.1) is 6.92 Å². The maximum atomic E-state index is 11.5. The molecule has 0 unspecified atom stereocenters. The van der Waals surface area contributed by atoms with E-state index in [2.05, 4.69) is 0 Å². The Labute approximate surface area is 89.7 Å². The van der Waals surface area contributed by atoms with Gasteiger partial charge in [-0.15, -0.1) is 0 Å². The lowest BCUT2D eigenvalue weighted by Crippen LogP contribution is -2.19. The number of carbonyl (C=O) groups is 1. The van der Waals surface area contributed by atoms with Gasteiger partial charge in [-0.25, -0.2) is 0 Å². The van der Waals surface area contributed by atoms with Crippen molar-refractivity contribution in [1.29, 1.82) is 0 Å². The maximum absolute atomic E-state index is 11.5. The van der Waals surface area contributed by atoms with Crippen LogP contribution in [0.15, 0.2) is 23.1 Å². The van der Waals surface area contributed by atoms with Crippen LogP contribution in [0.25, 0.3) is 0 Å². The molecule has 0 aliphatic rings. The van der Waals surface area contributed by atoms with Crippen LogP contribution in [0.2, 0.25) is 0 Å². The van der Waals surface area contributed by atoms with Crippen molar-refractivity contribution in [2.24, 2.45) is 0 Å². The van der Waals surface area contributed by atoms with Crippen LogP contribution in [0.4, 0.5) is 0 Å². The van der Waals surface area contributed by atoms with E-state index in [-0.39, 0.29) is 11.3 Å². The van der Waals surface area contributed by atoms with Crippen LogP contribution in [0.1, 0.15) is 31.7 Å². The lowest BCUT2D eigenvalue weighted by Gasteiger charge is -2.04. The summed E-state index contributed by atoms with van der Waals surface area (Å²) < 4.78 is 1.65. The van der Waals surface area contributed by atoms with E-state index < -0.39 is 0 Å². The summed E-state index contributed by atoms with van der Waals surface area (Å²) >= 11 is 0. The van der Waals surface area contributed by atoms with Crippen molar-refractivity contribution in [2.45, 2.75) is 39.7 Å². The molecule has 15 heavy (non-hydrogen) atoms. The molecule has 0 N–H and O–H groups in total. The number of nitrogens with zero attached hydrogens (tertiary/aromatic N) is 1. The fraction of sp³-hybridized carbons (Fsp3) is 0.500. The topological polar surface area (TPSA) is 39.1 Å². The highest BCUT2D eigenvalue weighted by Crippen LogP contribution is 1.98. The second-order valence-electron chi connectivity index (χ2n) is 3.73. The maximum Gasteiger partial charge on any atom is 0.250 e. The summed E-state index contributed by atoms with van der Waals surface area (Å²) in [5.41, 5.74) is 0.986. The highest BCUT2D eigenvalue weighted by Gasteiger charge is 1.99. The highest BCUT2D eigenvalue weighted by molar-refractivity contribution is 5.77. The van der Waals surface area contributed by atoms with E-state index in [9.17, 15) is 9.59 Å². The fourth-order valence-corrected chi connectivity index (χ4v) is 1.41. The van der Waals surface area contributed by atoms with Gasteiger partial charge in [-0.1, -0.05) is 6.92 Å². The summed E-state index contributed by atoms with van der Waals surface area (Å²) in [6.45, 7) is 4.39.